The molecule has 1 heterocycles. The molecule has 0 spiro atoms. The predicted molar refractivity (Wildman–Crippen MR) is 82.6 cm³/mol. The van der Waals surface area contributed by atoms with Gasteiger partial charge in [0, 0.05) is 32.0 Å². The number of piperidine rings is 1. The molecule has 1 aliphatic heterocycles. The Hall–Kier alpha value is -1.84. The van der Waals surface area contributed by atoms with Crippen LogP contribution < -0.4 is 5.32 Å². The Kier molecular flexibility index (Phi) is 5.37. The number of amides is 2. The van der Waals surface area contributed by atoms with Crippen molar-refractivity contribution in [3.05, 3.63) is 35.4 Å². The zero-order chi connectivity index (χ0) is 15.2. The highest BCUT2D eigenvalue weighted by Crippen LogP contribution is 2.18. The molecule has 4 heteroatoms. The maximum Gasteiger partial charge on any atom is 0.223 e. The quantitative estimate of drug-likeness (QED) is 0.924. The molecular formula is C17H24N2O2. The first kappa shape index (κ1) is 15.5. The van der Waals surface area contributed by atoms with E-state index in [1.807, 2.05) is 30.9 Å². The van der Waals surface area contributed by atoms with Gasteiger partial charge in [-0.05, 0) is 25.3 Å². The lowest BCUT2D eigenvalue weighted by atomic mass is 9.95. The van der Waals surface area contributed by atoms with Gasteiger partial charge in [0.15, 0.2) is 0 Å². The van der Waals surface area contributed by atoms with Gasteiger partial charge < -0.3 is 10.2 Å². The fraction of sp³-hybridized carbons (Fsp3) is 0.529. The van der Waals surface area contributed by atoms with Crippen LogP contribution >= 0.6 is 0 Å². The van der Waals surface area contributed by atoms with Crippen LogP contribution in [0.2, 0.25) is 0 Å². The Bertz CT molecular complexity index is 488. The maximum absolute atomic E-state index is 12.2. The molecule has 0 unspecified atom stereocenters. The van der Waals surface area contributed by atoms with E-state index in [0.717, 1.165) is 18.4 Å². The Balaban J connectivity index is 1.77. The van der Waals surface area contributed by atoms with Crippen LogP contribution in [0.15, 0.2) is 24.3 Å². The van der Waals surface area contributed by atoms with Crippen LogP contribution in [0.3, 0.4) is 0 Å². The van der Waals surface area contributed by atoms with Crippen LogP contribution in [-0.2, 0) is 16.1 Å². The van der Waals surface area contributed by atoms with Gasteiger partial charge in [-0.1, -0.05) is 36.8 Å². The summed E-state index contributed by atoms with van der Waals surface area (Å²) in [7, 11) is 0. The van der Waals surface area contributed by atoms with Crippen LogP contribution in [0.25, 0.3) is 0 Å². The molecule has 0 aliphatic carbocycles. The Morgan fingerprint density at radius 1 is 1.19 bits per heavy atom. The summed E-state index contributed by atoms with van der Waals surface area (Å²) in [6.07, 6.45) is 2.08. The van der Waals surface area contributed by atoms with Crippen molar-refractivity contribution in [3.63, 3.8) is 0 Å². The molecule has 1 aromatic rings. The molecule has 0 saturated carbocycles. The molecule has 21 heavy (non-hydrogen) atoms. The third-order valence-electron chi connectivity index (χ3n) is 4.11. The van der Waals surface area contributed by atoms with Crippen LogP contribution in [0, 0.1) is 12.8 Å². The third kappa shape index (κ3) is 4.31. The van der Waals surface area contributed by atoms with Gasteiger partial charge in [0.25, 0.3) is 0 Å². The van der Waals surface area contributed by atoms with E-state index in [0.29, 0.717) is 26.1 Å². The first-order valence-corrected chi connectivity index (χ1v) is 7.71. The molecule has 114 valence electrons. The van der Waals surface area contributed by atoms with E-state index < -0.39 is 0 Å². The van der Waals surface area contributed by atoms with E-state index in [9.17, 15) is 9.59 Å². The van der Waals surface area contributed by atoms with Crippen molar-refractivity contribution in [2.24, 2.45) is 5.92 Å². The molecule has 1 aromatic carbocycles. The number of carbonyl (C=O) groups is 2. The molecule has 0 atom stereocenters. The highest BCUT2D eigenvalue weighted by Gasteiger charge is 2.26. The summed E-state index contributed by atoms with van der Waals surface area (Å²) >= 11 is 0. The third-order valence-corrected chi connectivity index (χ3v) is 4.11. The lowest BCUT2D eigenvalue weighted by Gasteiger charge is -2.31. The van der Waals surface area contributed by atoms with Crippen LogP contribution in [0.5, 0.6) is 0 Å². The number of benzene rings is 1. The summed E-state index contributed by atoms with van der Waals surface area (Å²) in [6.45, 7) is 5.91. The second-order valence-electron chi connectivity index (χ2n) is 5.71. The number of aryl methyl sites for hydroxylation is 1. The number of rotatable bonds is 4. The van der Waals surface area contributed by atoms with Gasteiger partial charge in [-0.3, -0.25) is 9.59 Å². The fourth-order valence-electron chi connectivity index (χ4n) is 2.65. The van der Waals surface area contributed by atoms with Crippen molar-refractivity contribution < 1.29 is 9.59 Å². The van der Waals surface area contributed by atoms with Crippen molar-refractivity contribution in [1.29, 1.82) is 0 Å². The summed E-state index contributed by atoms with van der Waals surface area (Å²) in [4.78, 5) is 25.6. The standard InChI is InChI=1S/C17H24N2O2/c1-3-16(20)19-10-8-15(9-11-19)17(21)18-12-14-6-4-13(2)5-7-14/h4-7,15H,3,8-12H2,1-2H3,(H,18,21). The molecule has 1 saturated heterocycles. The molecule has 4 nitrogen and oxygen atoms in total. The minimum atomic E-state index is 0.0383. The Morgan fingerprint density at radius 2 is 1.81 bits per heavy atom. The van der Waals surface area contributed by atoms with E-state index >= 15 is 0 Å². The number of hydrogen-bond donors (Lipinski definition) is 1. The van der Waals surface area contributed by atoms with E-state index in [4.69, 9.17) is 0 Å². The lowest BCUT2D eigenvalue weighted by Crippen LogP contribution is -2.42. The maximum atomic E-state index is 12.2. The first-order valence-electron chi connectivity index (χ1n) is 7.71. The predicted octanol–water partition coefficient (Wildman–Crippen LogP) is 2.26. The van der Waals surface area contributed by atoms with Crippen molar-refractivity contribution in [1.82, 2.24) is 10.2 Å². The van der Waals surface area contributed by atoms with Gasteiger partial charge >= 0.3 is 0 Å². The monoisotopic (exact) mass is 288 g/mol. The number of likely N-dealkylation sites (tertiary alicyclic amines) is 1. The van der Waals surface area contributed by atoms with Crippen LogP contribution in [0.4, 0.5) is 0 Å². The smallest absolute Gasteiger partial charge is 0.223 e. The summed E-state index contributed by atoms with van der Waals surface area (Å²) < 4.78 is 0. The topological polar surface area (TPSA) is 49.4 Å². The Morgan fingerprint density at radius 3 is 2.38 bits per heavy atom. The SMILES string of the molecule is CCC(=O)N1CCC(C(=O)NCc2ccc(C)cc2)CC1. The molecule has 0 aromatic heterocycles. The van der Waals surface area contributed by atoms with Crippen LogP contribution in [0.1, 0.15) is 37.3 Å². The largest absolute Gasteiger partial charge is 0.352 e. The van der Waals surface area contributed by atoms with Crippen molar-refractivity contribution in [2.75, 3.05) is 13.1 Å². The van der Waals surface area contributed by atoms with Gasteiger partial charge in [-0.25, -0.2) is 0 Å². The van der Waals surface area contributed by atoms with Gasteiger partial charge in [0.2, 0.25) is 11.8 Å². The van der Waals surface area contributed by atoms with Crippen LogP contribution in [-0.4, -0.2) is 29.8 Å². The normalized spacial score (nSPS) is 15.8. The van der Waals surface area contributed by atoms with Crippen molar-refractivity contribution in [3.8, 4) is 0 Å². The van der Waals surface area contributed by atoms with E-state index in [1.165, 1.54) is 5.56 Å². The van der Waals surface area contributed by atoms with Crippen molar-refractivity contribution >= 4 is 11.8 Å². The molecule has 2 amide bonds. The second-order valence-corrected chi connectivity index (χ2v) is 5.71. The molecule has 1 aliphatic rings. The zero-order valence-corrected chi connectivity index (χ0v) is 12.9. The lowest BCUT2D eigenvalue weighted by molar-refractivity contribution is -0.135. The molecule has 0 bridgehead atoms. The summed E-state index contributed by atoms with van der Waals surface area (Å²) in [5, 5.41) is 3.00. The summed E-state index contributed by atoms with van der Waals surface area (Å²) in [5.74, 6) is 0.337. The minimum Gasteiger partial charge on any atom is -0.352 e. The van der Waals surface area contributed by atoms with E-state index in [2.05, 4.69) is 17.4 Å². The number of nitrogens with one attached hydrogen (secondary N) is 1. The molecule has 1 fully saturated rings. The highest BCUT2D eigenvalue weighted by molar-refractivity contribution is 5.80. The molecule has 2 rings (SSSR count). The van der Waals surface area contributed by atoms with Gasteiger partial charge in [-0.2, -0.15) is 0 Å². The van der Waals surface area contributed by atoms with E-state index in [1.54, 1.807) is 0 Å². The van der Waals surface area contributed by atoms with Gasteiger partial charge in [0.1, 0.15) is 0 Å². The highest BCUT2D eigenvalue weighted by atomic mass is 16.2. The number of hydrogen-bond acceptors (Lipinski definition) is 2. The van der Waals surface area contributed by atoms with Crippen molar-refractivity contribution in [2.45, 2.75) is 39.7 Å². The van der Waals surface area contributed by atoms with Gasteiger partial charge in [-0.15, -0.1) is 0 Å². The average molecular weight is 288 g/mol. The average Bonchev–Trinajstić information content (AvgIpc) is 2.53. The molecular weight excluding hydrogens is 264 g/mol. The second kappa shape index (κ2) is 7.25. The number of carbonyl (C=O) groups excluding carboxylic acids is 2. The summed E-state index contributed by atoms with van der Waals surface area (Å²) in [5.41, 5.74) is 2.34. The first-order chi connectivity index (χ1) is 10.1. The fourth-order valence-corrected chi connectivity index (χ4v) is 2.65. The molecule has 0 radical (unpaired) electrons. The minimum absolute atomic E-state index is 0.0383. The Labute approximate surface area is 126 Å². The molecule has 1 N–H and O–H groups in total. The van der Waals surface area contributed by atoms with Gasteiger partial charge in [0.05, 0.1) is 0 Å². The van der Waals surface area contributed by atoms with E-state index in [-0.39, 0.29) is 17.7 Å². The summed E-state index contributed by atoms with van der Waals surface area (Å²) in [6, 6.07) is 8.18. The number of nitrogens with zero attached hydrogens (tertiary/aromatic N) is 1. The zero-order valence-electron chi connectivity index (χ0n) is 12.9.